The van der Waals surface area contributed by atoms with E-state index in [1.54, 1.807) is 12.1 Å². The van der Waals surface area contributed by atoms with E-state index >= 15 is 0 Å². The summed E-state index contributed by atoms with van der Waals surface area (Å²) in [6, 6.07) is 7.18. The second-order valence-corrected chi connectivity index (χ2v) is 3.41. The lowest BCUT2D eigenvalue weighted by molar-refractivity contribution is -0.125. The molecule has 0 fully saturated rings. The molecule has 0 spiro atoms. The number of rotatable bonds is 6. The fraction of sp³-hybridized carbons (Fsp3) is 0.417. The third kappa shape index (κ3) is 4.91. The van der Waals surface area contributed by atoms with Crippen LogP contribution in [0.2, 0.25) is 0 Å². The molecule has 3 N–H and O–H groups in total. The number of benzene rings is 1. The molecule has 0 aliphatic heterocycles. The molecule has 0 saturated heterocycles. The summed E-state index contributed by atoms with van der Waals surface area (Å²) in [6.45, 7) is 2.63. The first kappa shape index (κ1) is 16.7. The molecule has 0 bridgehead atoms. The van der Waals surface area contributed by atoms with Crippen LogP contribution in [0.25, 0.3) is 0 Å². The molecule has 102 valence electrons. The maximum absolute atomic E-state index is 11.7. The third-order valence-electron chi connectivity index (χ3n) is 2.20. The first-order chi connectivity index (χ1) is 8.21. The zero-order valence-corrected chi connectivity index (χ0v) is 11.3. The molecule has 0 aliphatic rings. The minimum absolute atomic E-state index is 0. The third-order valence-corrected chi connectivity index (χ3v) is 2.20. The Morgan fingerprint density at radius 1 is 1.50 bits per heavy atom. The second kappa shape index (κ2) is 8.74. The summed E-state index contributed by atoms with van der Waals surface area (Å²) >= 11 is 0. The normalized spacial score (nSPS) is 11.3. The van der Waals surface area contributed by atoms with Gasteiger partial charge in [-0.25, -0.2) is 0 Å². The van der Waals surface area contributed by atoms with Crippen LogP contribution in [0.5, 0.6) is 5.75 Å². The number of nitrogens with one attached hydrogen (secondary N) is 1. The van der Waals surface area contributed by atoms with Crippen molar-refractivity contribution in [3.05, 3.63) is 24.3 Å². The Morgan fingerprint density at radius 3 is 2.78 bits per heavy atom. The van der Waals surface area contributed by atoms with Crippen molar-refractivity contribution in [2.24, 2.45) is 5.73 Å². The van der Waals surface area contributed by atoms with Gasteiger partial charge in [-0.3, -0.25) is 4.79 Å². The van der Waals surface area contributed by atoms with Gasteiger partial charge in [0.2, 0.25) is 0 Å². The number of hydrogen-bond donors (Lipinski definition) is 2. The zero-order chi connectivity index (χ0) is 12.7. The average molecular weight is 275 g/mol. The number of ether oxygens (including phenoxy) is 2. The average Bonchev–Trinajstić information content (AvgIpc) is 2.31. The van der Waals surface area contributed by atoms with Crippen LogP contribution in [0, 0.1) is 0 Å². The van der Waals surface area contributed by atoms with E-state index in [-0.39, 0.29) is 24.9 Å². The van der Waals surface area contributed by atoms with Crippen LogP contribution in [0.4, 0.5) is 5.69 Å². The van der Waals surface area contributed by atoms with Crippen LogP contribution in [0.1, 0.15) is 6.92 Å². The Bertz CT molecular complexity index is 370. The van der Waals surface area contributed by atoms with Crippen LogP contribution < -0.4 is 15.8 Å². The molecule has 0 aromatic heterocycles. The van der Waals surface area contributed by atoms with Gasteiger partial charge in [-0.05, 0) is 19.1 Å². The lowest BCUT2D eigenvalue weighted by Gasteiger charge is -2.13. The maximum Gasteiger partial charge on any atom is 0.254 e. The van der Waals surface area contributed by atoms with Gasteiger partial charge >= 0.3 is 0 Å². The van der Waals surface area contributed by atoms with E-state index in [0.29, 0.717) is 18.0 Å². The highest BCUT2D eigenvalue weighted by molar-refractivity contribution is 5.94. The maximum atomic E-state index is 11.7. The Kier molecular flexibility index (Phi) is 8.11. The highest BCUT2D eigenvalue weighted by atomic mass is 35.5. The fourth-order valence-corrected chi connectivity index (χ4v) is 1.36. The van der Waals surface area contributed by atoms with Crippen molar-refractivity contribution in [2.75, 3.05) is 25.6 Å². The number of carbonyl (C=O) groups is 1. The molecule has 1 aromatic carbocycles. The fourth-order valence-electron chi connectivity index (χ4n) is 1.36. The molecule has 0 aliphatic carbocycles. The molecule has 0 saturated carbocycles. The van der Waals surface area contributed by atoms with Crippen molar-refractivity contribution >= 4 is 24.0 Å². The summed E-state index contributed by atoms with van der Waals surface area (Å²) in [4.78, 5) is 11.7. The van der Waals surface area contributed by atoms with Gasteiger partial charge in [-0.1, -0.05) is 6.07 Å². The smallest absolute Gasteiger partial charge is 0.254 e. The van der Waals surface area contributed by atoms with Crippen molar-refractivity contribution in [1.82, 2.24) is 0 Å². The van der Waals surface area contributed by atoms with E-state index in [4.69, 9.17) is 15.2 Å². The van der Waals surface area contributed by atoms with Crippen molar-refractivity contribution < 1.29 is 14.3 Å². The van der Waals surface area contributed by atoms with Crippen molar-refractivity contribution in [1.29, 1.82) is 0 Å². The largest absolute Gasteiger partial charge is 0.494 e. The minimum Gasteiger partial charge on any atom is -0.494 e. The summed E-state index contributed by atoms with van der Waals surface area (Å²) < 4.78 is 10.3. The van der Waals surface area contributed by atoms with E-state index in [9.17, 15) is 4.79 Å². The van der Waals surface area contributed by atoms with Crippen LogP contribution in [-0.4, -0.2) is 32.3 Å². The molecule has 1 atom stereocenters. The van der Waals surface area contributed by atoms with Crippen molar-refractivity contribution in [3.8, 4) is 5.75 Å². The van der Waals surface area contributed by atoms with Gasteiger partial charge in [0.05, 0.1) is 6.61 Å². The Morgan fingerprint density at radius 2 is 2.22 bits per heavy atom. The summed E-state index contributed by atoms with van der Waals surface area (Å²) in [5.41, 5.74) is 6.07. The van der Waals surface area contributed by atoms with Crippen LogP contribution in [0.3, 0.4) is 0 Å². The summed E-state index contributed by atoms with van der Waals surface area (Å²) in [7, 11) is 1.45. The number of carbonyl (C=O) groups excluding carboxylic acids is 1. The number of methoxy groups -OCH3 is 1. The minimum atomic E-state index is -0.634. The predicted octanol–water partition coefficient (Wildman–Crippen LogP) is 1.42. The molecular formula is C12H19ClN2O3. The molecule has 0 heterocycles. The standard InChI is InChI=1S/C12H18N2O3.ClH/c1-3-17-10-6-4-5-9(7-10)14-12(15)11(8-13)16-2;/h4-7,11H,3,8,13H2,1-2H3,(H,14,15);1H. The molecule has 1 aromatic rings. The van der Waals surface area contributed by atoms with Gasteiger partial charge in [0, 0.05) is 25.4 Å². The molecule has 1 amide bonds. The molecule has 6 heteroatoms. The quantitative estimate of drug-likeness (QED) is 0.823. The zero-order valence-electron chi connectivity index (χ0n) is 10.5. The van der Waals surface area contributed by atoms with Crippen molar-refractivity contribution in [2.45, 2.75) is 13.0 Å². The van der Waals surface area contributed by atoms with Gasteiger partial charge in [-0.2, -0.15) is 0 Å². The number of halogens is 1. The van der Waals surface area contributed by atoms with Gasteiger partial charge in [0.1, 0.15) is 11.9 Å². The van der Waals surface area contributed by atoms with E-state index in [2.05, 4.69) is 5.32 Å². The highest BCUT2D eigenvalue weighted by Crippen LogP contribution is 2.17. The topological polar surface area (TPSA) is 73.6 Å². The van der Waals surface area contributed by atoms with Crippen LogP contribution in [-0.2, 0) is 9.53 Å². The SMILES string of the molecule is CCOc1cccc(NC(=O)C(CN)OC)c1.Cl. The van der Waals surface area contributed by atoms with Crippen molar-refractivity contribution in [3.63, 3.8) is 0 Å². The van der Waals surface area contributed by atoms with Gasteiger partial charge in [0.25, 0.3) is 5.91 Å². The summed E-state index contributed by atoms with van der Waals surface area (Å²) in [5.74, 6) is 0.454. The number of anilines is 1. The Hall–Kier alpha value is -1.30. The first-order valence-corrected chi connectivity index (χ1v) is 5.47. The Labute approximate surface area is 113 Å². The van der Waals surface area contributed by atoms with E-state index in [0.717, 1.165) is 0 Å². The van der Waals surface area contributed by atoms with E-state index in [1.807, 2.05) is 19.1 Å². The summed E-state index contributed by atoms with van der Waals surface area (Å²) in [6.07, 6.45) is -0.634. The highest BCUT2D eigenvalue weighted by Gasteiger charge is 2.15. The molecule has 5 nitrogen and oxygen atoms in total. The predicted molar refractivity (Wildman–Crippen MR) is 73.3 cm³/mol. The van der Waals surface area contributed by atoms with Gasteiger partial charge < -0.3 is 20.5 Å². The van der Waals surface area contributed by atoms with Gasteiger partial charge in [-0.15, -0.1) is 12.4 Å². The molecule has 1 rings (SSSR count). The first-order valence-electron chi connectivity index (χ1n) is 5.47. The number of nitrogens with two attached hydrogens (primary N) is 1. The van der Waals surface area contributed by atoms with Gasteiger partial charge in [0.15, 0.2) is 0 Å². The molecular weight excluding hydrogens is 256 g/mol. The lowest BCUT2D eigenvalue weighted by atomic mass is 10.2. The second-order valence-electron chi connectivity index (χ2n) is 3.41. The lowest BCUT2D eigenvalue weighted by Crippen LogP contribution is -2.35. The monoisotopic (exact) mass is 274 g/mol. The summed E-state index contributed by atoms with van der Waals surface area (Å²) in [5, 5.41) is 2.72. The number of hydrogen-bond acceptors (Lipinski definition) is 4. The number of amides is 1. The molecule has 0 radical (unpaired) electrons. The van der Waals surface area contributed by atoms with E-state index in [1.165, 1.54) is 7.11 Å². The molecule has 1 unspecified atom stereocenters. The van der Waals surface area contributed by atoms with E-state index < -0.39 is 6.10 Å². The Balaban J connectivity index is 0.00000289. The van der Waals surface area contributed by atoms with Crippen LogP contribution in [0.15, 0.2) is 24.3 Å². The molecule has 18 heavy (non-hydrogen) atoms. The van der Waals surface area contributed by atoms with Crippen LogP contribution >= 0.6 is 12.4 Å².